The molecule has 12 heteroatoms. The number of nitrogens with zero attached hydrogens (tertiary/aromatic N) is 3. The number of hydrogen-bond acceptors (Lipinski definition) is 9. The van der Waals surface area contributed by atoms with Crippen LogP contribution in [0.4, 0.5) is 10.8 Å². The molecule has 0 saturated carbocycles. The molecule has 0 aliphatic rings. The van der Waals surface area contributed by atoms with E-state index in [-0.39, 0.29) is 29.7 Å². The Morgan fingerprint density at radius 3 is 2.46 bits per heavy atom. The third-order valence-corrected chi connectivity index (χ3v) is 5.56. The second-order valence-electron chi connectivity index (χ2n) is 7.42. The van der Waals surface area contributed by atoms with Crippen molar-refractivity contribution >= 4 is 51.6 Å². The van der Waals surface area contributed by atoms with Gasteiger partial charge < -0.3 is 19.5 Å². The van der Waals surface area contributed by atoms with Crippen LogP contribution in [0.2, 0.25) is 5.02 Å². The summed E-state index contributed by atoms with van der Waals surface area (Å²) in [5, 5.41) is 23.6. The molecule has 2 N–H and O–H groups in total. The number of rotatable bonds is 11. The number of aryl methyl sites for hydroxylation is 1. The maximum atomic E-state index is 12.5. The van der Waals surface area contributed by atoms with Crippen molar-refractivity contribution in [1.82, 2.24) is 10.2 Å². The highest BCUT2D eigenvalue weighted by Crippen LogP contribution is 2.37. The molecule has 0 atom stereocenters. The molecular formula is C25H24ClN5O5S. The van der Waals surface area contributed by atoms with E-state index in [0.717, 1.165) is 0 Å². The molecule has 0 aliphatic carbocycles. The number of aromatic nitrogens is 2. The smallest absolute Gasteiger partial charge is 0.268 e. The van der Waals surface area contributed by atoms with Gasteiger partial charge in [-0.1, -0.05) is 22.9 Å². The van der Waals surface area contributed by atoms with Crippen LogP contribution in [0, 0.1) is 18.3 Å². The van der Waals surface area contributed by atoms with Gasteiger partial charge in [-0.25, -0.2) is 0 Å². The van der Waals surface area contributed by atoms with Crippen molar-refractivity contribution in [2.24, 2.45) is 0 Å². The quantitative estimate of drug-likeness (QED) is 0.199. The molecule has 0 saturated heterocycles. The van der Waals surface area contributed by atoms with Crippen molar-refractivity contribution in [1.29, 1.82) is 5.26 Å². The van der Waals surface area contributed by atoms with Gasteiger partial charge in [0.15, 0.2) is 11.5 Å². The van der Waals surface area contributed by atoms with E-state index in [2.05, 4.69) is 20.8 Å². The number of ether oxygens (including phenoxy) is 3. The summed E-state index contributed by atoms with van der Waals surface area (Å²) in [6.07, 6.45) is 1.40. The molecule has 10 nitrogen and oxygen atoms in total. The number of carbonyl (C=O) groups excluding carboxylic acids is 2. The Morgan fingerprint density at radius 1 is 1.11 bits per heavy atom. The number of amides is 2. The monoisotopic (exact) mass is 541 g/mol. The van der Waals surface area contributed by atoms with E-state index >= 15 is 0 Å². The summed E-state index contributed by atoms with van der Waals surface area (Å²) >= 11 is 7.65. The fourth-order valence-electron chi connectivity index (χ4n) is 3.04. The molecule has 0 fully saturated rings. The topological polar surface area (TPSA) is 135 Å². The van der Waals surface area contributed by atoms with E-state index < -0.39 is 5.91 Å². The van der Waals surface area contributed by atoms with Crippen molar-refractivity contribution < 1.29 is 23.8 Å². The Labute approximate surface area is 222 Å². The van der Waals surface area contributed by atoms with E-state index in [4.69, 9.17) is 25.8 Å². The highest BCUT2D eigenvalue weighted by molar-refractivity contribution is 7.15. The lowest BCUT2D eigenvalue weighted by Crippen LogP contribution is -2.13. The van der Waals surface area contributed by atoms with Gasteiger partial charge >= 0.3 is 0 Å². The Balaban J connectivity index is 1.66. The van der Waals surface area contributed by atoms with Crippen molar-refractivity contribution in [2.45, 2.75) is 20.8 Å². The summed E-state index contributed by atoms with van der Waals surface area (Å²) in [6, 6.07) is 12.0. The Hall–Kier alpha value is -4.14. The van der Waals surface area contributed by atoms with Crippen molar-refractivity contribution in [3.05, 3.63) is 57.6 Å². The first-order valence-electron chi connectivity index (χ1n) is 11.1. The van der Waals surface area contributed by atoms with Gasteiger partial charge in [-0.3, -0.25) is 14.9 Å². The van der Waals surface area contributed by atoms with Gasteiger partial charge in [0.05, 0.1) is 11.6 Å². The third kappa shape index (κ3) is 8.20. The molecule has 37 heavy (non-hydrogen) atoms. The first-order valence-corrected chi connectivity index (χ1v) is 12.3. The van der Waals surface area contributed by atoms with E-state index in [0.29, 0.717) is 45.2 Å². The molecule has 1 aromatic heterocycles. The van der Waals surface area contributed by atoms with E-state index in [1.54, 1.807) is 43.3 Å². The standard InChI is InChI=1S/C25H24ClN5O5S/c1-4-34-22-13-17(11-18(14-27)24(33)29-25-31-30-16(3)37-25)12-21(26)23(22)36-10-9-35-20-7-5-19(6-8-20)28-15(2)32/h5-8,11-13H,4,9-10H2,1-3H3,(H,28,32)(H,29,31,33). The third-order valence-electron chi connectivity index (χ3n) is 4.53. The summed E-state index contributed by atoms with van der Waals surface area (Å²) in [4.78, 5) is 23.6. The minimum atomic E-state index is -0.615. The molecule has 2 amide bonds. The fourth-order valence-corrected chi connectivity index (χ4v) is 3.90. The molecule has 192 valence electrons. The summed E-state index contributed by atoms with van der Waals surface area (Å²) in [5.41, 5.74) is 1.01. The van der Waals surface area contributed by atoms with Crippen LogP contribution in [0.5, 0.6) is 17.2 Å². The lowest BCUT2D eigenvalue weighted by Gasteiger charge is -2.15. The predicted octanol–water partition coefficient (Wildman–Crippen LogP) is 4.86. The minimum Gasteiger partial charge on any atom is -0.490 e. The summed E-state index contributed by atoms with van der Waals surface area (Å²) in [7, 11) is 0. The van der Waals surface area contributed by atoms with Gasteiger partial charge in [-0.15, -0.1) is 10.2 Å². The first-order chi connectivity index (χ1) is 17.8. The second-order valence-corrected chi connectivity index (χ2v) is 9.00. The van der Waals surface area contributed by atoms with Crippen LogP contribution < -0.4 is 24.8 Å². The molecule has 2 aromatic carbocycles. The highest BCUT2D eigenvalue weighted by Gasteiger charge is 2.16. The number of nitriles is 1. The maximum absolute atomic E-state index is 12.5. The second kappa shape index (κ2) is 13.2. The van der Waals surface area contributed by atoms with Crippen molar-refractivity contribution in [2.75, 3.05) is 30.5 Å². The van der Waals surface area contributed by atoms with Crippen molar-refractivity contribution in [3.8, 4) is 23.3 Å². The van der Waals surface area contributed by atoms with Gasteiger partial charge in [-0.2, -0.15) is 5.26 Å². The van der Waals surface area contributed by atoms with Gasteiger partial charge in [0, 0.05) is 12.6 Å². The summed E-state index contributed by atoms with van der Waals surface area (Å²) in [5.74, 6) is 0.521. The lowest BCUT2D eigenvalue weighted by atomic mass is 10.1. The van der Waals surface area contributed by atoms with Gasteiger partial charge in [0.2, 0.25) is 11.0 Å². The van der Waals surface area contributed by atoms with Crippen LogP contribution in [0.25, 0.3) is 6.08 Å². The molecule has 3 aromatic rings. The number of hydrogen-bond donors (Lipinski definition) is 2. The average molecular weight is 542 g/mol. The van der Waals surface area contributed by atoms with Crippen LogP contribution in [-0.4, -0.2) is 41.8 Å². The van der Waals surface area contributed by atoms with Crippen molar-refractivity contribution in [3.63, 3.8) is 0 Å². The number of carbonyl (C=O) groups is 2. The van der Waals surface area contributed by atoms with Gasteiger partial charge in [0.1, 0.15) is 35.6 Å². The Bertz CT molecular complexity index is 1330. The minimum absolute atomic E-state index is 0.141. The normalized spacial score (nSPS) is 10.8. The van der Waals surface area contributed by atoms with E-state index in [1.807, 2.05) is 13.0 Å². The van der Waals surface area contributed by atoms with Crippen LogP contribution in [-0.2, 0) is 9.59 Å². The zero-order chi connectivity index (χ0) is 26.8. The average Bonchev–Trinajstić information content (AvgIpc) is 3.26. The maximum Gasteiger partial charge on any atom is 0.268 e. The van der Waals surface area contributed by atoms with Crippen LogP contribution in [0.1, 0.15) is 24.4 Å². The number of nitrogens with one attached hydrogen (secondary N) is 2. The molecule has 0 bridgehead atoms. The molecule has 0 spiro atoms. The fraction of sp³-hybridized carbons (Fsp3) is 0.240. The molecule has 0 aliphatic heterocycles. The molecule has 0 radical (unpaired) electrons. The molecule has 3 rings (SSSR count). The highest BCUT2D eigenvalue weighted by atomic mass is 35.5. The number of benzene rings is 2. The van der Waals surface area contributed by atoms with Crippen LogP contribution in [0.15, 0.2) is 42.0 Å². The summed E-state index contributed by atoms with van der Waals surface area (Å²) < 4.78 is 17.2. The number of anilines is 2. The zero-order valence-electron chi connectivity index (χ0n) is 20.3. The lowest BCUT2D eigenvalue weighted by molar-refractivity contribution is -0.114. The molecular weight excluding hydrogens is 518 g/mol. The van der Waals surface area contributed by atoms with Crippen LogP contribution in [0.3, 0.4) is 0 Å². The van der Waals surface area contributed by atoms with E-state index in [1.165, 1.54) is 24.3 Å². The van der Waals surface area contributed by atoms with Crippen LogP contribution >= 0.6 is 22.9 Å². The SMILES string of the molecule is CCOc1cc(C=C(C#N)C(=O)Nc2nnc(C)s2)cc(Cl)c1OCCOc1ccc(NC(C)=O)cc1. The number of halogens is 1. The first kappa shape index (κ1) is 27.4. The van der Waals surface area contributed by atoms with E-state index in [9.17, 15) is 14.9 Å². The molecule has 1 heterocycles. The summed E-state index contributed by atoms with van der Waals surface area (Å²) in [6.45, 7) is 5.76. The largest absolute Gasteiger partial charge is 0.490 e. The Kier molecular flexibility index (Phi) is 9.83. The zero-order valence-corrected chi connectivity index (χ0v) is 21.9. The van der Waals surface area contributed by atoms with Gasteiger partial charge in [-0.05, 0) is 61.9 Å². The predicted molar refractivity (Wildman–Crippen MR) is 141 cm³/mol. The Morgan fingerprint density at radius 2 is 1.84 bits per heavy atom. The molecule has 0 unspecified atom stereocenters. The van der Waals surface area contributed by atoms with Gasteiger partial charge in [0.25, 0.3) is 5.91 Å².